The molecule has 80 valence electrons. The number of hydrogen-bond acceptors (Lipinski definition) is 4. The molecule has 0 aliphatic heterocycles. The summed E-state index contributed by atoms with van der Waals surface area (Å²) >= 11 is 0. The van der Waals surface area contributed by atoms with Gasteiger partial charge in [0.1, 0.15) is 17.9 Å². The lowest BCUT2D eigenvalue weighted by molar-refractivity contribution is 0.268. The molecule has 0 amide bonds. The highest BCUT2D eigenvalue weighted by atomic mass is 16.5. The Morgan fingerprint density at radius 2 is 2.20 bits per heavy atom. The Hall–Kier alpha value is -1.62. The molecule has 0 radical (unpaired) electrons. The van der Waals surface area contributed by atoms with Crippen LogP contribution in [0.25, 0.3) is 11.2 Å². The molecule has 0 unspecified atom stereocenters. The summed E-state index contributed by atoms with van der Waals surface area (Å²) in [5, 5.41) is 9.05. The molecule has 0 spiro atoms. The standard InChI is InChI=1S/C10H13N3O2/c1-3-15-9-5-4-7-10(12-9)13(2)8(6-14)11-7/h4-5,14H,3,6H2,1-2H3. The molecule has 15 heavy (non-hydrogen) atoms. The van der Waals surface area contributed by atoms with Gasteiger partial charge >= 0.3 is 0 Å². The average Bonchev–Trinajstić information content (AvgIpc) is 2.56. The zero-order valence-electron chi connectivity index (χ0n) is 8.77. The molecule has 2 rings (SSSR count). The molecule has 0 bridgehead atoms. The summed E-state index contributed by atoms with van der Waals surface area (Å²) in [5.74, 6) is 1.18. The number of fused-ring (bicyclic) bond motifs is 1. The maximum atomic E-state index is 9.05. The molecule has 0 saturated heterocycles. The van der Waals surface area contributed by atoms with Gasteiger partial charge in [0, 0.05) is 13.1 Å². The third kappa shape index (κ3) is 1.66. The summed E-state index contributed by atoms with van der Waals surface area (Å²) in [5.41, 5.74) is 1.50. The Bertz CT molecular complexity index is 479. The van der Waals surface area contributed by atoms with Crippen LogP contribution in [0.15, 0.2) is 12.1 Å². The highest BCUT2D eigenvalue weighted by Gasteiger charge is 2.08. The van der Waals surface area contributed by atoms with Gasteiger partial charge in [-0.05, 0) is 13.0 Å². The normalized spacial score (nSPS) is 10.9. The van der Waals surface area contributed by atoms with E-state index in [1.54, 1.807) is 10.6 Å². The van der Waals surface area contributed by atoms with E-state index < -0.39 is 0 Å². The van der Waals surface area contributed by atoms with Gasteiger partial charge in [-0.2, -0.15) is 4.98 Å². The zero-order chi connectivity index (χ0) is 10.8. The summed E-state index contributed by atoms with van der Waals surface area (Å²) in [4.78, 5) is 8.53. The summed E-state index contributed by atoms with van der Waals surface area (Å²) in [6, 6.07) is 3.62. The third-order valence-electron chi connectivity index (χ3n) is 2.22. The van der Waals surface area contributed by atoms with E-state index in [4.69, 9.17) is 9.84 Å². The molecular formula is C10H13N3O2. The number of aliphatic hydroxyl groups is 1. The second kappa shape index (κ2) is 3.86. The van der Waals surface area contributed by atoms with Gasteiger partial charge in [0.2, 0.25) is 5.88 Å². The van der Waals surface area contributed by atoms with E-state index in [1.165, 1.54) is 0 Å². The predicted octanol–water partition coefficient (Wildman–Crippen LogP) is 0.859. The monoisotopic (exact) mass is 207 g/mol. The first kappa shape index (κ1) is 9.92. The van der Waals surface area contributed by atoms with Crippen molar-refractivity contribution in [1.82, 2.24) is 14.5 Å². The molecule has 0 atom stereocenters. The van der Waals surface area contributed by atoms with Gasteiger partial charge in [0.15, 0.2) is 5.65 Å². The van der Waals surface area contributed by atoms with Crippen molar-refractivity contribution in [1.29, 1.82) is 0 Å². The molecule has 0 aliphatic rings. The van der Waals surface area contributed by atoms with Crippen LogP contribution in [0.3, 0.4) is 0 Å². The van der Waals surface area contributed by atoms with Gasteiger partial charge in [0.25, 0.3) is 0 Å². The van der Waals surface area contributed by atoms with Crippen LogP contribution in [0, 0.1) is 0 Å². The minimum absolute atomic E-state index is 0.0865. The average molecular weight is 207 g/mol. The van der Waals surface area contributed by atoms with E-state index in [0.717, 1.165) is 11.2 Å². The number of aromatic nitrogens is 3. The highest BCUT2D eigenvalue weighted by Crippen LogP contribution is 2.16. The SMILES string of the molecule is CCOc1ccc2nc(CO)n(C)c2n1. The Balaban J connectivity index is 2.54. The smallest absolute Gasteiger partial charge is 0.215 e. The van der Waals surface area contributed by atoms with Crippen molar-refractivity contribution in [3.63, 3.8) is 0 Å². The predicted molar refractivity (Wildman–Crippen MR) is 55.6 cm³/mol. The van der Waals surface area contributed by atoms with Crippen LogP contribution >= 0.6 is 0 Å². The molecule has 5 heteroatoms. The molecule has 0 aromatic carbocycles. The number of aliphatic hydroxyl groups excluding tert-OH is 1. The van der Waals surface area contributed by atoms with Crippen molar-refractivity contribution < 1.29 is 9.84 Å². The van der Waals surface area contributed by atoms with Crippen molar-refractivity contribution in [2.24, 2.45) is 7.05 Å². The van der Waals surface area contributed by atoms with Gasteiger partial charge in [-0.1, -0.05) is 0 Å². The number of hydrogen-bond donors (Lipinski definition) is 1. The summed E-state index contributed by atoms with van der Waals surface area (Å²) in [7, 11) is 1.82. The van der Waals surface area contributed by atoms with E-state index >= 15 is 0 Å². The quantitative estimate of drug-likeness (QED) is 0.810. The van der Waals surface area contributed by atoms with Crippen LogP contribution < -0.4 is 4.74 Å². The minimum Gasteiger partial charge on any atom is -0.478 e. The fourth-order valence-corrected chi connectivity index (χ4v) is 1.46. The number of imidazole rings is 1. The van der Waals surface area contributed by atoms with Crippen molar-refractivity contribution >= 4 is 11.2 Å². The first-order valence-corrected chi connectivity index (χ1v) is 4.82. The topological polar surface area (TPSA) is 60.2 Å². The Kier molecular flexibility index (Phi) is 2.55. The van der Waals surface area contributed by atoms with E-state index in [1.807, 2.05) is 20.0 Å². The van der Waals surface area contributed by atoms with Gasteiger partial charge in [0.05, 0.1) is 6.61 Å². The number of nitrogens with zero attached hydrogens (tertiary/aromatic N) is 3. The molecular weight excluding hydrogens is 194 g/mol. The number of pyridine rings is 1. The third-order valence-corrected chi connectivity index (χ3v) is 2.22. The molecule has 0 saturated carbocycles. The molecule has 5 nitrogen and oxygen atoms in total. The lowest BCUT2D eigenvalue weighted by Crippen LogP contribution is -1.99. The van der Waals surface area contributed by atoms with Crippen molar-refractivity contribution in [2.75, 3.05) is 6.61 Å². The summed E-state index contributed by atoms with van der Waals surface area (Å²) in [6.07, 6.45) is 0. The minimum atomic E-state index is -0.0865. The number of aryl methyl sites for hydroxylation is 1. The van der Waals surface area contributed by atoms with Gasteiger partial charge in [-0.3, -0.25) is 0 Å². The van der Waals surface area contributed by atoms with Crippen molar-refractivity contribution in [2.45, 2.75) is 13.5 Å². The van der Waals surface area contributed by atoms with E-state index in [0.29, 0.717) is 18.3 Å². The lowest BCUT2D eigenvalue weighted by atomic mass is 10.4. The van der Waals surface area contributed by atoms with E-state index in [-0.39, 0.29) is 6.61 Å². The van der Waals surface area contributed by atoms with Crippen LogP contribution in [0.5, 0.6) is 5.88 Å². The first-order valence-electron chi connectivity index (χ1n) is 4.82. The van der Waals surface area contributed by atoms with E-state index in [2.05, 4.69) is 9.97 Å². The second-order valence-electron chi connectivity index (χ2n) is 3.17. The maximum absolute atomic E-state index is 9.05. The van der Waals surface area contributed by atoms with Crippen molar-refractivity contribution in [3.8, 4) is 5.88 Å². The molecule has 1 N–H and O–H groups in total. The highest BCUT2D eigenvalue weighted by molar-refractivity contribution is 5.72. The number of ether oxygens (including phenoxy) is 1. The first-order chi connectivity index (χ1) is 7.26. The largest absolute Gasteiger partial charge is 0.478 e. The Morgan fingerprint density at radius 1 is 1.40 bits per heavy atom. The molecule has 2 aromatic heterocycles. The lowest BCUT2D eigenvalue weighted by Gasteiger charge is -2.01. The Morgan fingerprint density at radius 3 is 2.87 bits per heavy atom. The Labute approximate surface area is 87.3 Å². The molecule has 0 aliphatic carbocycles. The van der Waals surface area contributed by atoms with Crippen LogP contribution in [0.4, 0.5) is 0 Å². The van der Waals surface area contributed by atoms with Gasteiger partial charge in [-0.25, -0.2) is 4.98 Å². The van der Waals surface area contributed by atoms with Crippen LogP contribution in [-0.2, 0) is 13.7 Å². The van der Waals surface area contributed by atoms with Gasteiger partial charge in [-0.15, -0.1) is 0 Å². The van der Waals surface area contributed by atoms with Gasteiger partial charge < -0.3 is 14.4 Å². The molecule has 2 heterocycles. The fourth-order valence-electron chi connectivity index (χ4n) is 1.46. The fraction of sp³-hybridized carbons (Fsp3) is 0.400. The van der Waals surface area contributed by atoms with Crippen LogP contribution in [-0.4, -0.2) is 26.2 Å². The number of rotatable bonds is 3. The van der Waals surface area contributed by atoms with Crippen LogP contribution in [0.1, 0.15) is 12.7 Å². The zero-order valence-corrected chi connectivity index (χ0v) is 8.77. The summed E-state index contributed by atoms with van der Waals surface area (Å²) in [6.45, 7) is 2.41. The van der Waals surface area contributed by atoms with Crippen LogP contribution in [0.2, 0.25) is 0 Å². The second-order valence-corrected chi connectivity index (χ2v) is 3.17. The van der Waals surface area contributed by atoms with Crippen molar-refractivity contribution in [3.05, 3.63) is 18.0 Å². The van der Waals surface area contributed by atoms with E-state index in [9.17, 15) is 0 Å². The molecule has 0 fully saturated rings. The maximum Gasteiger partial charge on any atom is 0.215 e. The molecule has 2 aromatic rings. The summed E-state index contributed by atoms with van der Waals surface area (Å²) < 4.78 is 7.06.